The molecule has 10 nitrogen and oxygen atoms in total. The Kier molecular flexibility index (Phi) is 10.2. The van der Waals surface area contributed by atoms with E-state index in [1.165, 1.54) is 0 Å². The van der Waals surface area contributed by atoms with E-state index in [9.17, 15) is 24.9 Å². The molecule has 1 aromatic heterocycles. The van der Waals surface area contributed by atoms with Crippen molar-refractivity contribution in [1.29, 1.82) is 0 Å². The fourth-order valence-electron chi connectivity index (χ4n) is 7.62. The number of benzene rings is 2. The van der Waals surface area contributed by atoms with Crippen molar-refractivity contribution >= 4 is 28.2 Å². The molecular weight excluding hydrogens is 626 g/mol. The summed E-state index contributed by atoms with van der Waals surface area (Å²) in [4.78, 5) is 30.2. The number of carbonyl (C=O) groups excluding carboxylic acids is 2. The molecule has 2 aliphatic heterocycles. The van der Waals surface area contributed by atoms with Crippen LogP contribution in [-0.2, 0) is 27.4 Å². The van der Waals surface area contributed by atoms with Crippen molar-refractivity contribution in [3.8, 4) is 17.2 Å². The highest BCUT2D eigenvalue weighted by atomic mass is 16.6. The third-order valence-corrected chi connectivity index (χ3v) is 10.3. The van der Waals surface area contributed by atoms with Crippen LogP contribution in [0.5, 0.6) is 17.2 Å². The molecule has 0 spiro atoms. The summed E-state index contributed by atoms with van der Waals surface area (Å²) >= 11 is 0. The number of esters is 1. The Hall–Kier alpha value is -4.12. The van der Waals surface area contributed by atoms with Crippen LogP contribution in [0, 0.1) is 5.92 Å². The normalized spacial score (nSPS) is 22.9. The van der Waals surface area contributed by atoms with Crippen LogP contribution < -0.4 is 14.2 Å². The molecule has 0 bridgehead atoms. The molecule has 262 valence electrons. The van der Waals surface area contributed by atoms with Gasteiger partial charge in [0.25, 0.3) is 0 Å². The van der Waals surface area contributed by atoms with Gasteiger partial charge in [-0.05, 0) is 73.9 Å². The predicted molar refractivity (Wildman–Crippen MR) is 185 cm³/mol. The maximum Gasteiger partial charge on any atom is 0.374 e. The molecule has 6 rings (SSSR count). The highest BCUT2D eigenvalue weighted by Crippen LogP contribution is 2.55. The van der Waals surface area contributed by atoms with Gasteiger partial charge < -0.3 is 39.3 Å². The van der Waals surface area contributed by atoms with Gasteiger partial charge in [-0.3, -0.25) is 4.79 Å². The van der Waals surface area contributed by atoms with Gasteiger partial charge in [-0.2, -0.15) is 0 Å². The summed E-state index contributed by atoms with van der Waals surface area (Å²) < 4.78 is 24.1. The minimum absolute atomic E-state index is 0.0435. The first-order valence-electron chi connectivity index (χ1n) is 17.4. The van der Waals surface area contributed by atoms with Gasteiger partial charge in [0.05, 0.1) is 43.7 Å². The molecule has 4 unspecified atom stereocenters. The number of carbonyl (C=O) groups is 2. The molecule has 1 saturated carbocycles. The highest BCUT2D eigenvalue weighted by molar-refractivity contribution is 5.99. The maximum absolute atomic E-state index is 13.8. The Morgan fingerprint density at radius 1 is 1.08 bits per heavy atom. The van der Waals surface area contributed by atoms with E-state index in [0.717, 1.165) is 47.7 Å². The number of Topliss-reactive ketones (excluding diaryl/α,β-unsaturated/α-hetero) is 1. The zero-order valence-corrected chi connectivity index (χ0v) is 28.8. The molecule has 0 radical (unpaired) electrons. The predicted octanol–water partition coefficient (Wildman–Crippen LogP) is 6.04. The van der Waals surface area contributed by atoms with E-state index in [4.69, 9.17) is 18.9 Å². The molecule has 3 heterocycles. The van der Waals surface area contributed by atoms with Gasteiger partial charge >= 0.3 is 5.97 Å². The molecule has 1 fully saturated rings. The Bertz CT molecular complexity index is 1800. The summed E-state index contributed by atoms with van der Waals surface area (Å²) in [5.74, 6) is -0.965. The van der Waals surface area contributed by atoms with E-state index in [2.05, 4.69) is 11.9 Å². The zero-order valence-electron chi connectivity index (χ0n) is 28.8. The number of rotatable bonds is 12. The Labute approximate surface area is 286 Å². The lowest BCUT2D eigenvalue weighted by molar-refractivity contribution is -0.141. The van der Waals surface area contributed by atoms with E-state index < -0.39 is 36.1 Å². The molecule has 1 aliphatic carbocycles. The van der Waals surface area contributed by atoms with E-state index in [-0.39, 0.29) is 36.9 Å². The van der Waals surface area contributed by atoms with Gasteiger partial charge in [0, 0.05) is 35.5 Å². The van der Waals surface area contributed by atoms with Crippen LogP contribution in [0.15, 0.2) is 47.9 Å². The van der Waals surface area contributed by atoms with Crippen molar-refractivity contribution < 1.29 is 43.9 Å². The molecule has 2 aromatic carbocycles. The summed E-state index contributed by atoms with van der Waals surface area (Å²) in [5.41, 5.74) is 3.67. The van der Waals surface area contributed by atoms with Crippen molar-refractivity contribution in [3.05, 3.63) is 70.1 Å². The molecule has 3 aliphatic rings. The number of aromatic amines is 1. The number of aromatic nitrogens is 1. The number of unbranched alkanes of at least 4 members (excludes halogenated alkanes) is 3. The molecule has 4 N–H and O–H groups in total. The van der Waals surface area contributed by atoms with Crippen LogP contribution >= 0.6 is 0 Å². The van der Waals surface area contributed by atoms with Crippen LogP contribution in [0.4, 0.5) is 0 Å². The summed E-state index contributed by atoms with van der Waals surface area (Å²) in [5, 5.41) is 33.8. The molecule has 0 saturated heterocycles. The second kappa shape index (κ2) is 14.4. The average Bonchev–Trinajstić information content (AvgIpc) is 3.77. The third-order valence-electron chi connectivity index (χ3n) is 10.3. The smallest absolute Gasteiger partial charge is 0.374 e. The van der Waals surface area contributed by atoms with Crippen molar-refractivity contribution in [3.63, 3.8) is 0 Å². The van der Waals surface area contributed by atoms with Crippen LogP contribution in [0.1, 0.15) is 93.9 Å². The second-order valence-corrected chi connectivity index (χ2v) is 13.6. The lowest BCUT2D eigenvalue weighted by Gasteiger charge is -2.33. The minimum atomic E-state index is -1.15. The number of nitrogens with one attached hydrogen (secondary N) is 1. The number of hydrogen-bond acceptors (Lipinski definition) is 9. The number of methoxy groups -OCH3 is 1. The number of hydrogen-bond donors (Lipinski definition) is 4. The topological polar surface area (TPSA) is 148 Å². The van der Waals surface area contributed by atoms with Gasteiger partial charge in [-0.1, -0.05) is 44.2 Å². The van der Waals surface area contributed by atoms with Gasteiger partial charge in [-0.15, -0.1) is 0 Å². The largest absolute Gasteiger partial charge is 0.496 e. The van der Waals surface area contributed by atoms with Crippen LogP contribution in [0.3, 0.4) is 0 Å². The first kappa shape index (κ1) is 34.7. The first-order valence-corrected chi connectivity index (χ1v) is 17.4. The lowest BCUT2D eigenvalue weighted by Crippen LogP contribution is -2.42. The fourth-order valence-corrected chi connectivity index (χ4v) is 7.62. The number of ether oxygens (including phenoxy) is 4. The first-order chi connectivity index (χ1) is 23.6. The van der Waals surface area contributed by atoms with Crippen molar-refractivity contribution in [1.82, 2.24) is 4.98 Å². The summed E-state index contributed by atoms with van der Waals surface area (Å²) in [7, 11) is 1.55. The molecule has 4 atom stereocenters. The van der Waals surface area contributed by atoms with E-state index in [1.54, 1.807) is 27.0 Å². The zero-order chi connectivity index (χ0) is 34.9. The van der Waals surface area contributed by atoms with Crippen LogP contribution in [0.2, 0.25) is 0 Å². The van der Waals surface area contributed by atoms with Crippen LogP contribution in [0.25, 0.3) is 16.5 Å². The second-order valence-electron chi connectivity index (χ2n) is 13.6. The number of H-pyrrole nitrogens is 1. The number of aliphatic hydroxyl groups is 3. The number of fused-ring (bicyclic) bond motifs is 3. The Morgan fingerprint density at radius 2 is 1.90 bits per heavy atom. The van der Waals surface area contributed by atoms with Gasteiger partial charge in [0.2, 0.25) is 5.76 Å². The minimum Gasteiger partial charge on any atom is -0.496 e. The molecule has 3 aromatic rings. The van der Waals surface area contributed by atoms with Crippen LogP contribution in [-0.4, -0.2) is 64.1 Å². The lowest BCUT2D eigenvalue weighted by atomic mass is 9.72. The van der Waals surface area contributed by atoms with Gasteiger partial charge in [-0.25, -0.2) is 4.79 Å². The van der Waals surface area contributed by atoms with Crippen molar-refractivity contribution in [2.45, 2.75) is 96.4 Å². The average molecular weight is 674 g/mol. The summed E-state index contributed by atoms with van der Waals surface area (Å²) in [6.45, 7) is 4.96. The summed E-state index contributed by atoms with van der Waals surface area (Å²) in [6.07, 6.45) is 8.42. The molecule has 0 amide bonds. The van der Waals surface area contributed by atoms with Gasteiger partial charge in [0.15, 0.2) is 0 Å². The molecular formula is C39H47NO9. The van der Waals surface area contributed by atoms with E-state index in [0.29, 0.717) is 53.0 Å². The standard InChI is InChI=1S/C39H47NO9/c1-5-7-8-9-13-39(3,45)32-19-28-35(49-32)29(21-42)37-33(36(28)46-4)26(18-31(48-37)38(44)47-6-2)24-16-25(20-41)34(43)27(17-24)22-10-11-30-23(15-22)12-14-40-30/h10-12,14-15,18,25,27,32,40-42,45H,5-9,13,16-17,19-21H2,1-4H3. The number of aliphatic hydroxyl groups excluding tert-OH is 2. The molecule has 49 heavy (non-hydrogen) atoms. The van der Waals surface area contributed by atoms with E-state index >= 15 is 0 Å². The van der Waals surface area contributed by atoms with Gasteiger partial charge in [0.1, 0.15) is 29.1 Å². The highest BCUT2D eigenvalue weighted by Gasteiger charge is 2.45. The summed E-state index contributed by atoms with van der Waals surface area (Å²) in [6, 6.07) is 7.84. The van der Waals surface area contributed by atoms with Crippen molar-refractivity contribution in [2.24, 2.45) is 5.92 Å². The number of allylic oxidation sites excluding steroid dienone is 3. The number of ketones is 1. The SMILES string of the molecule is CCCCCCC(C)(O)C1Cc2c(c(CO)c3c(c2OC)C(=C2CC(CO)C(=O)C(c4ccc5[nH]ccc5c4)C2)C=C(C(=O)OCC)O3)O1. The van der Waals surface area contributed by atoms with Crippen molar-refractivity contribution in [2.75, 3.05) is 20.3 Å². The maximum atomic E-state index is 13.8. The quantitative estimate of drug-likeness (QED) is 0.133. The van der Waals surface area contributed by atoms with E-state index in [1.807, 2.05) is 30.5 Å². The molecule has 10 heteroatoms. The Morgan fingerprint density at radius 3 is 2.61 bits per heavy atom. The monoisotopic (exact) mass is 673 g/mol. The fraction of sp³-hybridized carbons (Fsp3) is 0.487. The third kappa shape index (κ3) is 6.49. The Balaban J connectivity index is 1.50.